The van der Waals surface area contributed by atoms with Crippen LogP contribution in [0.25, 0.3) is 16.6 Å². The summed E-state index contributed by atoms with van der Waals surface area (Å²) in [4.78, 5) is 13.0. The highest BCUT2D eigenvalue weighted by molar-refractivity contribution is 7.12. The van der Waals surface area contributed by atoms with E-state index in [4.69, 9.17) is 21.1 Å². The fraction of sp³-hybridized carbons (Fsp3) is 0.182. The van der Waals surface area contributed by atoms with Crippen LogP contribution in [0.1, 0.15) is 9.67 Å². The lowest BCUT2D eigenvalue weighted by Crippen LogP contribution is -2.48. The zero-order valence-corrected chi connectivity index (χ0v) is 18.2. The number of hydrogen-bond acceptors (Lipinski definition) is 6. The van der Waals surface area contributed by atoms with Gasteiger partial charge in [0.05, 0.1) is 65.0 Å². The molecule has 5 rings (SSSR count). The highest BCUT2D eigenvalue weighted by Crippen LogP contribution is 2.35. The van der Waals surface area contributed by atoms with Crippen molar-refractivity contribution in [1.29, 1.82) is 0 Å². The van der Waals surface area contributed by atoms with Crippen LogP contribution in [0.3, 0.4) is 0 Å². The van der Waals surface area contributed by atoms with Crippen LogP contribution in [-0.2, 0) is 4.74 Å². The van der Waals surface area contributed by atoms with Crippen molar-refractivity contribution in [2.24, 2.45) is 0 Å². The Balaban J connectivity index is 1.46. The van der Waals surface area contributed by atoms with Gasteiger partial charge in [-0.3, -0.25) is 4.79 Å². The van der Waals surface area contributed by atoms with Crippen LogP contribution in [0, 0.1) is 0 Å². The number of ether oxygens (including phenoxy) is 2. The Kier molecular flexibility index (Phi) is 5.27. The minimum atomic E-state index is -0.0928. The van der Waals surface area contributed by atoms with E-state index in [1.54, 1.807) is 18.0 Å². The summed E-state index contributed by atoms with van der Waals surface area (Å²) in [7, 11) is 1.62. The van der Waals surface area contributed by atoms with Gasteiger partial charge in [0.25, 0.3) is 5.91 Å². The summed E-state index contributed by atoms with van der Waals surface area (Å²) in [5.74, 6) is 0.567. The molecule has 0 saturated carbocycles. The third kappa shape index (κ3) is 3.85. The highest BCUT2D eigenvalue weighted by atomic mass is 35.5. The Morgan fingerprint density at radius 3 is 2.84 bits per heavy atom. The van der Waals surface area contributed by atoms with E-state index in [0.29, 0.717) is 28.9 Å². The Bertz CT molecular complexity index is 1260. The minimum Gasteiger partial charge on any atom is -0.494 e. The van der Waals surface area contributed by atoms with Crippen LogP contribution in [0.4, 0.5) is 11.4 Å². The van der Waals surface area contributed by atoms with Gasteiger partial charge in [-0.25, -0.2) is 4.68 Å². The second-order valence-electron chi connectivity index (χ2n) is 7.15. The molecule has 31 heavy (non-hydrogen) atoms. The molecule has 1 saturated heterocycles. The van der Waals surface area contributed by atoms with Crippen molar-refractivity contribution < 1.29 is 14.3 Å². The second-order valence-corrected chi connectivity index (χ2v) is 8.47. The van der Waals surface area contributed by atoms with E-state index in [-0.39, 0.29) is 11.9 Å². The smallest absolute Gasteiger partial charge is 0.261 e. The molecule has 9 heteroatoms. The number of nitrogens with zero attached hydrogens (tertiary/aromatic N) is 2. The van der Waals surface area contributed by atoms with E-state index in [0.717, 1.165) is 28.0 Å². The molecule has 1 aliphatic rings. The number of hydrogen-bond donors (Lipinski definition) is 2. The minimum absolute atomic E-state index is 0.0928. The molecule has 1 aliphatic heterocycles. The lowest BCUT2D eigenvalue weighted by atomic mass is 10.2. The van der Waals surface area contributed by atoms with E-state index in [2.05, 4.69) is 15.7 Å². The number of methoxy groups -OCH3 is 1. The first-order valence-electron chi connectivity index (χ1n) is 9.67. The van der Waals surface area contributed by atoms with Gasteiger partial charge in [0.1, 0.15) is 5.75 Å². The topological polar surface area (TPSA) is 77.4 Å². The van der Waals surface area contributed by atoms with E-state index in [1.807, 2.05) is 47.8 Å². The number of halogens is 1. The van der Waals surface area contributed by atoms with Gasteiger partial charge in [0, 0.05) is 16.8 Å². The molecule has 158 valence electrons. The number of rotatable bonds is 6. The fourth-order valence-electron chi connectivity index (χ4n) is 3.37. The molecule has 0 radical (unpaired) electrons. The van der Waals surface area contributed by atoms with Crippen molar-refractivity contribution in [2.45, 2.75) is 6.04 Å². The maximum atomic E-state index is 12.4. The SMILES string of the molecule is COc1cc2c(cnn2-c2csc(C(=O)NC3COC3)c2)cc1Nc1ccccc1Cl. The standard InChI is InChI=1S/C22H19ClN4O3S/c1-29-20-8-19-13(6-18(20)26-17-5-3-2-4-16(17)23)9-24-27(19)15-7-21(31-12-15)22(28)25-14-10-30-11-14/h2-9,12,14,26H,10-11H2,1H3,(H,25,28). The fourth-order valence-corrected chi connectivity index (χ4v) is 4.32. The van der Waals surface area contributed by atoms with Gasteiger partial charge in [0.2, 0.25) is 0 Å². The van der Waals surface area contributed by atoms with Gasteiger partial charge in [-0.05, 0) is 24.3 Å². The molecule has 2 N–H and O–H groups in total. The van der Waals surface area contributed by atoms with Crippen molar-refractivity contribution >= 4 is 51.1 Å². The second kappa shape index (κ2) is 8.22. The maximum Gasteiger partial charge on any atom is 0.261 e. The Labute approximate surface area is 187 Å². The third-order valence-electron chi connectivity index (χ3n) is 5.06. The Morgan fingerprint density at radius 1 is 1.26 bits per heavy atom. The van der Waals surface area contributed by atoms with E-state index < -0.39 is 0 Å². The molecule has 7 nitrogen and oxygen atoms in total. The van der Waals surface area contributed by atoms with Crippen LogP contribution < -0.4 is 15.4 Å². The van der Waals surface area contributed by atoms with E-state index in [9.17, 15) is 4.79 Å². The molecule has 2 aromatic carbocycles. The van der Waals surface area contributed by atoms with Crippen molar-refractivity contribution in [3.8, 4) is 11.4 Å². The molecule has 0 unspecified atom stereocenters. The van der Waals surface area contributed by atoms with Crippen LogP contribution in [0.2, 0.25) is 5.02 Å². The quantitative estimate of drug-likeness (QED) is 0.444. The number of carbonyl (C=O) groups excluding carboxylic acids is 1. The molecular weight excluding hydrogens is 436 g/mol. The number of para-hydroxylation sites is 1. The van der Waals surface area contributed by atoms with Gasteiger partial charge >= 0.3 is 0 Å². The molecular formula is C22H19ClN4O3S. The molecule has 0 atom stereocenters. The van der Waals surface area contributed by atoms with Crippen LogP contribution >= 0.6 is 22.9 Å². The monoisotopic (exact) mass is 454 g/mol. The summed E-state index contributed by atoms with van der Waals surface area (Å²) in [6, 6.07) is 13.4. The van der Waals surface area contributed by atoms with Crippen LogP contribution in [0.15, 0.2) is 54.0 Å². The molecule has 2 aromatic heterocycles. The zero-order chi connectivity index (χ0) is 21.4. The largest absolute Gasteiger partial charge is 0.494 e. The van der Waals surface area contributed by atoms with Crippen molar-refractivity contribution in [1.82, 2.24) is 15.1 Å². The molecule has 0 aliphatic carbocycles. The predicted octanol–water partition coefficient (Wildman–Crippen LogP) is 4.62. The third-order valence-corrected chi connectivity index (χ3v) is 6.31. The number of benzene rings is 2. The number of fused-ring (bicyclic) bond motifs is 1. The first kappa shape index (κ1) is 19.9. The number of carbonyl (C=O) groups is 1. The molecule has 4 aromatic rings. The summed E-state index contributed by atoms with van der Waals surface area (Å²) in [6.45, 7) is 1.14. The predicted molar refractivity (Wildman–Crippen MR) is 122 cm³/mol. The maximum absolute atomic E-state index is 12.4. The number of amides is 1. The number of aromatic nitrogens is 2. The van der Waals surface area contributed by atoms with Gasteiger partial charge in [-0.1, -0.05) is 23.7 Å². The Morgan fingerprint density at radius 2 is 2.10 bits per heavy atom. The van der Waals surface area contributed by atoms with Crippen LogP contribution in [-0.4, -0.2) is 42.1 Å². The molecule has 3 heterocycles. The normalized spacial score (nSPS) is 13.7. The summed E-state index contributed by atoms with van der Waals surface area (Å²) >= 11 is 7.67. The molecule has 1 amide bonds. The zero-order valence-electron chi connectivity index (χ0n) is 16.6. The summed E-state index contributed by atoms with van der Waals surface area (Å²) < 4.78 is 12.5. The van der Waals surface area contributed by atoms with Gasteiger partial charge in [0.15, 0.2) is 0 Å². The first-order chi connectivity index (χ1) is 15.1. The summed E-state index contributed by atoms with van der Waals surface area (Å²) in [5.41, 5.74) is 3.28. The van der Waals surface area contributed by atoms with Gasteiger partial charge < -0.3 is 20.1 Å². The van der Waals surface area contributed by atoms with Crippen LogP contribution in [0.5, 0.6) is 5.75 Å². The lowest BCUT2D eigenvalue weighted by molar-refractivity contribution is -0.00338. The number of nitrogens with one attached hydrogen (secondary N) is 2. The molecule has 0 spiro atoms. The average Bonchev–Trinajstić information content (AvgIpc) is 3.38. The molecule has 0 bridgehead atoms. The number of anilines is 2. The molecule has 1 fully saturated rings. The summed E-state index contributed by atoms with van der Waals surface area (Å²) in [6.07, 6.45) is 1.79. The lowest BCUT2D eigenvalue weighted by Gasteiger charge is -2.26. The van der Waals surface area contributed by atoms with E-state index >= 15 is 0 Å². The highest BCUT2D eigenvalue weighted by Gasteiger charge is 2.22. The van der Waals surface area contributed by atoms with Crippen molar-refractivity contribution in [3.63, 3.8) is 0 Å². The first-order valence-corrected chi connectivity index (χ1v) is 10.9. The van der Waals surface area contributed by atoms with E-state index in [1.165, 1.54) is 11.3 Å². The summed E-state index contributed by atoms with van der Waals surface area (Å²) in [5, 5.41) is 14.3. The van der Waals surface area contributed by atoms with Crippen molar-refractivity contribution in [2.75, 3.05) is 25.6 Å². The van der Waals surface area contributed by atoms with Gasteiger partial charge in [-0.15, -0.1) is 11.3 Å². The Hall–Kier alpha value is -3.07. The number of thiophene rings is 1. The van der Waals surface area contributed by atoms with Gasteiger partial charge in [-0.2, -0.15) is 5.10 Å². The van der Waals surface area contributed by atoms with Crippen molar-refractivity contribution in [3.05, 3.63) is 63.9 Å². The average molecular weight is 455 g/mol.